The summed E-state index contributed by atoms with van der Waals surface area (Å²) in [4.78, 5) is 2.47. The Morgan fingerprint density at radius 1 is 0.520 bits per heavy atom. The fraction of sp³-hybridized carbons (Fsp3) is 0.125. The molecule has 0 amide bonds. The van der Waals surface area contributed by atoms with E-state index in [0.717, 1.165) is 33.2 Å². The Labute approximate surface area is 292 Å². The van der Waals surface area contributed by atoms with Crippen LogP contribution in [0.2, 0.25) is 0 Å². The van der Waals surface area contributed by atoms with Gasteiger partial charge < -0.3 is 9.32 Å². The van der Waals surface area contributed by atoms with E-state index in [9.17, 15) is 0 Å². The molecule has 1 aliphatic carbocycles. The number of para-hydroxylation sites is 1. The number of benzene rings is 7. The molecule has 0 N–H and O–H groups in total. The third-order valence-electron chi connectivity index (χ3n) is 11.0. The van der Waals surface area contributed by atoms with E-state index >= 15 is 0 Å². The lowest BCUT2D eigenvalue weighted by Crippen LogP contribution is -2.28. The molecule has 0 bridgehead atoms. The average Bonchev–Trinajstić information content (AvgIpc) is 3.68. The minimum absolute atomic E-state index is 0.108. The van der Waals surface area contributed by atoms with Crippen LogP contribution in [0, 0.1) is 0 Å². The number of allylic oxidation sites excluding steroid dienone is 2. The van der Waals surface area contributed by atoms with Crippen molar-refractivity contribution in [2.75, 3.05) is 4.90 Å². The molecule has 7 aromatic carbocycles. The van der Waals surface area contributed by atoms with Crippen LogP contribution < -0.4 is 4.90 Å². The molecular weight excluding hydrogens is 607 g/mol. The summed E-state index contributed by atoms with van der Waals surface area (Å²) in [5, 5.41) is 7.29. The van der Waals surface area contributed by atoms with Crippen LogP contribution in [0.25, 0.3) is 65.7 Å². The second-order valence-corrected chi connectivity index (χ2v) is 14.9. The smallest absolute Gasteiger partial charge is 0.137 e. The fourth-order valence-electron chi connectivity index (χ4n) is 8.55. The first-order valence-corrected chi connectivity index (χ1v) is 17.7. The molecule has 8 aromatic rings. The number of nitrogens with zero attached hydrogens (tertiary/aromatic N) is 1. The Kier molecular flexibility index (Phi) is 6.30. The zero-order chi connectivity index (χ0) is 33.6. The maximum absolute atomic E-state index is 6.74. The molecule has 10 rings (SSSR count). The van der Waals surface area contributed by atoms with E-state index in [-0.39, 0.29) is 11.5 Å². The van der Waals surface area contributed by atoms with Gasteiger partial charge >= 0.3 is 0 Å². The van der Waals surface area contributed by atoms with Gasteiger partial charge in [0.2, 0.25) is 0 Å². The first-order chi connectivity index (χ1) is 24.4. The Morgan fingerprint density at radius 2 is 1.08 bits per heavy atom. The lowest BCUT2D eigenvalue weighted by atomic mass is 9.83. The van der Waals surface area contributed by atoms with E-state index in [1.165, 1.54) is 55.0 Å². The van der Waals surface area contributed by atoms with Crippen molar-refractivity contribution in [1.29, 1.82) is 0 Å². The molecule has 50 heavy (non-hydrogen) atoms. The molecule has 2 atom stereocenters. The van der Waals surface area contributed by atoms with Gasteiger partial charge in [-0.05, 0) is 90.7 Å². The van der Waals surface area contributed by atoms with Crippen molar-refractivity contribution < 1.29 is 4.42 Å². The van der Waals surface area contributed by atoms with Crippen molar-refractivity contribution in [3.8, 4) is 22.3 Å². The van der Waals surface area contributed by atoms with Crippen LogP contribution in [-0.4, -0.2) is 6.04 Å². The van der Waals surface area contributed by atoms with Gasteiger partial charge in [-0.1, -0.05) is 142 Å². The minimum atomic E-state index is 0.108. The average molecular weight is 644 g/mol. The van der Waals surface area contributed by atoms with Gasteiger partial charge in [-0.3, -0.25) is 0 Å². The molecule has 2 aliphatic rings. The molecular formula is C48H37NO. The molecule has 2 heterocycles. The summed E-state index contributed by atoms with van der Waals surface area (Å²) >= 11 is 0. The van der Waals surface area contributed by atoms with Crippen LogP contribution >= 0.6 is 0 Å². The molecule has 2 heteroatoms. The molecule has 1 aromatic heterocycles. The number of furan rings is 1. The van der Waals surface area contributed by atoms with E-state index in [0.29, 0.717) is 5.92 Å². The monoisotopic (exact) mass is 643 g/mol. The second-order valence-electron chi connectivity index (χ2n) is 14.9. The van der Waals surface area contributed by atoms with Crippen molar-refractivity contribution in [2.45, 2.75) is 38.1 Å². The Hall–Kier alpha value is -5.86. The van der Waals surface area contributed by atoms with Crippen LogP contribution in [0.1, 0.15) is 37.8 Å². The summed E-state index contributed by atoms with van der Waals surface area (Å²) in [6.07, 6.45) is 8.99. The molecule has 0 fully saturated rings. The summed E-state index contributed by atoms with van der Waals surface area (Å²) in [6.45, 7) is 6.81. The summed E-state index contributed by atoms with van der Waals surface area (Å²) in [7, 11) is 0. The van der Waals surface area contributed by atoms with Crippen molar-refractivity contribution >= 4 is 54.9 Å². The maximum atomic E-state index is 6.74. The summed E-state index contributed by atoms with van der Waals surface area (Å²) in [5.41, 5.74) is 12.0. The lowest BCUT2D eigenvalue weighted by molar-refractivity contribution is 0.590. The molecule has 0 spiro atoms. The van der Waals surface area contributed by atoms with Gasteiger partial charge in [-0.15, -0.1) is 0 Å². The van der Waals surface area contributed by atoms with E-state index in [1.807, 2.05) is 0 Å². The van der Waals surface area contributed by atoms with Gasteiger partial charge in [0.05, 0.1) is 6.04 Å². The quantitative estimate of drug-likeness (QED) is 0.178. The molecule has 0 saturated carbocycles. The summed E-state index contributed by atoms with van der Waals surface area (Å²) < 4.78 is 6.74. The van der Waals surface area contributed by atoms with Gasteiger partial charge in [0.25, 0.3) is 0 Å². The van der Waals surface area contributed by atoms with Crippen molar-refractivity contribution in [1.82, 2.24) is 0 Å². The maximum Gasteiger partial charge on any atom is 0.137 e. The van der Waals surface area contributed by atoms with Crippen LogP contribution in [-0.2, 0) is 5.41 Å². The zero-order valence-electron chi connectivity index (χ0n) is 28.5. The van der Waals surface area contributed by atoms with Gasteiger partial charge in [-0.2, -0.15) is 0 Å². The first-order valence-electron chi connectivity index (χ1n) is 17.7. The predicted octanol–water partition coefficient (Wildman–Crippen LogP) is 13.3. The molecule has 1 aliphatic heterocycles. The minimum Gasteiger partial charge on any atom is -0.456 e. The largest absolute Gasteiger partial charge is 0.456 e. The Bertz CT molecular complexity index is 2640. The van der Waals surface area contributed by atoms with Gasteiger partial charge in [0.15, 0.2) is 0 Å². The van der Waals surface area contributed by atoms with Crippen molar-refractivity contribution in [2.24, 2.45) is 0 Å². The molecule has 240 valence electrons. The standard InChI is InChI=1S/C48H37NO/c1-48(2,3)32-23-20-30(21-24-32)46-38-14-4-6-16-40(38)47(41-17-7-5-15-39(41)46)31-22-26-36-37-27-25-33(29-45(37)50-44(36)28-31)49-42-18-10-8-12-34(42)35-13-9-11-19-43(35)49/h4-29,34,42H,1-3H3. The van der Waals surface area contributed by atoms with Crippen LogP contribution in [0.4, 0.5) is 11.4 Å². The number of hydrogen-bond donors (Lipinski definition) is 0. The molecule has 2 nitrogen and oxygen atoms in total. The number of hydrogen-bond acceptors (Lipinski definition) is 2. The van der Waals surface area contributed by atoms with Gasteiger partial charge in [0.1, 0.15) is 11.2 Å². The number of rotatable bonds is 3. The SMILES string of the molecule is CC(C)(C)c1ccc(-c2c3ccccc3c(-c3ccc4c(c3)oc3cc(N5c6ccccc6C6C=CC=CC65)ccc34)c3ccccc23)cc1. The van der Waals surface area contributed by atoms with Crippen molar-refractivity contribution in [3.63, 3.8) is 0 Å². The normalized spacial score (nSPS) is 16.9. The second kappa shape index (κ2) is 10.8. The fourth-order valence-corrected chi connectivity index (χ4v) is 8.55. The Morgan fingerprint density at radius 3 is 1.76 bits per heavy atom. The van der Waals surface area contributed by atoms with Gasteiger partial charge in [0, 0.05) is 34.1 Å². The third kappa shape index (κ3) is 4.34. The predicted molar refractivity (Wildman–Crippen MR) is 212 cm³/mol. The highest BCUT2D eigenvalue weighted by Gasteiger charge is 2.37. The van der Waals surface area contributed by atoms with Crippen LogP contribution in [0.5, 0.6) is 0 Å². The number of fused-ring (bicyclic) bond motifs is 8. The van der Waals surface area contributed by atoms with Crippen molar-refractivity contribution in [3.05, 3.63) is 169 Å². The topological polar surface area (TPSA) is 16.4 Å². The van der Waals surface area contributed by atoms with Crippen LogP contribution in [0.3, 0.4) is 0 Å². The summed E-state index contributed by atoms with van der Waals surface area (Å²) in [6, 6.07) is 49.4. The van der Waals surface area contributed by atoms with E-state index < -0.39 is 0 Å². The first kappa shape index (κ1) is 29.1. The summed E-state index contributed by atoms with van der Waals surface area (Å²) in [5.74, 6) is 0.351. The highest BCUT2D eigenvalue weighted by Crippen LogP contribution is 2.49. The van der Waals surface area contributed by atoms with E-state index in [1.54, 1.807) is 0 Å². The third-order valence-corrected chi connectivity index (χ3v) is 11.0. The highest BCUT2D eigenvalue weighted by atomic mass is 16.3. The lowest BCUT2D eigenvalue weighted by Gasteiger charge is -2.28. The molecule has 0 saturated heterocycles. The molecule has 2 unspecified atom stereocenters. The van der Waals surface area contributed by atoms with E-state index in [2.05, 4.69) is 183 Å². The Balaban J connectivity index is 1.13. The zero-order valence-corrected chi connectivity index (χ0v) is 28.5. The molecule has 0 radical (unpaired) electrons. The van der Waals surface area contributed by atoms with Gasteiger partial charge in [-0.25, -0.2) is 0 Å². The van der Waals surface area contributed by atoms with Crippen LogP contribution in [0.15, 0.2) is 162 Å². The van der Waals surface area contributed by atoms with E-state index in [4.69, 9.17) is 4.42 Å². The highest BCUT2D eigenvalue weighted by molar-refractivity contribution is 6.22. The number of anilines is 2.